The number of aromatic nitrogens is 5. The number of fused-ring (bicyclic) bond motifs is 1. The van der Waals surface area contributed by atoms with E-state index in [1.165, 1.54) is 5.56 Å². The zero-order valence-corrected chi connectivity index (χ0v) is 12.9. The molecular formula is C16H18N6O. The third-order valence-electron chi connectivity index (χ3n) is 4.56. The highest BCUT2D eigenvalue weighted by atomic mass is 16.1. The van der Waals surface area contributed by atoms with Crippen LogP contribution in [0.5, 0.6) is 0 Å². The van der Waals surface area contributed by atoms with Crippen LogP contribution >= 0.6 is 0 Å². The normalized spacial score (nSPS) is 16.1. The third-order valence-corrected chi connectivity index (χ3v) is 4.56. The molecule has 0 radical (unpaired) electrons. The molecule has 0 spiro atoms. The number of hydrogen-bond donors (Lipinski definition) is 1. The van der Waals surface area contributed by atoms with Gasteiger partial charge in [0.05, 0.1) is 6.20 Å². The Hall–Kier alpha value is -2.70. The Bertz CT molecular complexity index is 876. The largest absolute Gasteiger partial charge is 0.342 e. The summed E-state index contributed by atoms with van der Waals surface area (Å²) in [4.78, 5) is 25.8. The van der Waals surface area contributed by atoms with Gasteiger partial charge in [-0.25, -0.2) is 0 Å². The Labute approximate surface area is 133 Å². The average Bonchev–Trinajstić information content (AvgIpc) is 2.98. The summed E-state index contributed by atoms with van der Waals surface area (Å²) in [5.74, 6) is 1.18. The molecule has 1 aliphatic heterocycles. The average molecular weight is 310 g/mol. The van der Waals surface area contributed by atoms with Gasteiger partial charge in [-0.2, -0.15) is 10.1 Å². The van der Waals surface area contributed by atoms with E-state index >= 15 is 0 Å². The molecule has 4 rings (SSSR count). The van der Waals surface area contributed by atoms with Crippen molar-refractivity contribution < 1.29 is 0 Å². The maximum atomic E-state index is 12.2. The molecule has 1 aliphatic rings. The van der Waals surface area contributed by atoms with E-state index < -0.39 is 0 Å². The Morgan fingerprint density at radius 3 is 2.70 bits per heavy atom. The van der Waals surface area contributed by atoms with Crippen LogP contribution in [0.2, 0.25) is 0 Å². The van der Waals surface area contributed by atoms with Crippen LogP contribution in [0.1, 0.15) is 24.3 Å². The van der Waals surface area contributed by atoms with Gasteiger partial charge in [0.25, 0.3) is 5.56 Å². The second-order valence-electron chi connectivity index (χ2n) is 5.94. The molecule has 118 valence electrons. The van der Waals surface area contributed by atoms with Gasteiger partial charge in [-0.1, -0.05) is 0 Å². The van der Waals surface area contributed by atoms with E-state index in [9.17, 15) is 4.79 Å². The molecule has 0 amide bonds. The van der Waals surface area contributed by atoms with Crippen LogP contribution in [-0.2, 0) is 7.05 Å². The predicted molar refractivity (Wildman–Crippen MR) is 87.6 cm³/mol. The summed E-state index contributed by atoms with van der Waals surface area (Å²) in [7, 11) is 1.80. The molecule has 3 aromatic rings. The van der Waals surface area contributed by atoms with Gasteiger partial charge in [0.15, 0.2) is 5.65 Å². The maximum Gasteiger partial charge on any atom is 0.263 e. The minimum Gasteiger partial charge on any atom is -0.342 e. The minimum absolute atomic E-state index is 0.130. The standard InChI is InChI=1S/C16H18N6O/c1-21-14-13(10-18-21)15(23)20-16(19-14)22-8-4-12(5-9-22)11-2-6-17-7-3-11/h2-3,6-7,10,12H,4-5,8-9H2,1H3,(H,19,20,23). The van der Waals surface area contributed by atoms with Crippen molar-refractivity contribution in [3.8, 4) is 0 Å². The molecule has 1 saturated heterocycles. The zero-order chi connectivity index (χ0) is 15.8. The number of nitrogens with zero attached hydrogens (tertiary/aromatic N) is 5. The van der Waals surface area contributed by atoms with Gasteiger partial charge >= 0.3 is 0 Å². The van der Waals surface area contributed by atoms with E-state index in [4.69, 9.17) is 0 Å². The van der Waals surface area contributed by atoms with Crippen LogP contribution < -0.4 is 10.5 Å². The van der Waals surface area contributed by atoms with Gasteiger partial charge in [0.2, 0.25) is 5.95 Å². The number of H-pyrrole nitrogens is 1. The fraction of sp³-hybridized carbons (Fsp3) is 0.375. The first-order valence-electron chi connectivity index (χ1n) is 7.79. The molecule has 7 nitrogen and oxygen atoms in total. The lowest BCUT2D eigenvalue weighted by atomic mass is 9.90. The third kappa shape index (κ3) is 2.48. The fourth-order valence-corrected chi connectivity index (χ4v) is 3.23. The number of hydrogen-bond acceptors (Lipinski definition) is 5. The number of rotatable bonds is 2. The summed E-state index contributed by atoms with van der Waals surface area (Å²) in [5.41, 5.74) is 1.83. The molecular weight excluding hydrogens is 292 g/mol. The van der Waals surface area contributed by atoms with Crippen LogP contribution in [0.15, 0.2) is 35.5 Å². The Morgan fingerprint density at radius 1 is 1.22 bits per heavy atom. The van der Waals surface area contributed by atoms with E-state index in [-0.39, 0.29) is 5.56 Å². The smallest absolute Gasteiger partial charge is 0.263 e. The van der Waals surface area contributed by atoms with Crippen LogP contribution in [-0.4, -0.2) is 37.8 Å². The Balaban J connectivity index is 1.57. The number of piperidine rings is 1. The number of aryl methyl sites for hydroxylation is 1. The number of nitrogens with one attached hydrogen (secondary N) is 1. The quantitative estimate of drug-likeness (QED) is 0.774. The number of pyridine rings is 1. The summed E-state index contributed by atoms with van der Waals surface area (Å²) >= 11 is 0. The predicted octanol–water partition coefficient (Wildman–Crippen LogP) is 1.44. The monoisotopic (exact) mass is 310 g/mol. The molecule has 0 bridgehead atoms. The lowest BCUT2D eigenvalue weighted by Gasteiger charge is -2.32. The molecule has 0 saturated carbocycles. The molecule has 3 aromatic heterocycles. The van der Waals surface area contributed by atoms with Gasteiger partial charge in [-0.3, -0.25) is 19.4 Å². The summed E-state index contributed by atoms with van der Waals surface area (Å²) in [6, 6.07) is 4.17. The van der Waals surface area contributed by atoms with Crippen LogP contribution in [0.4, 0.5) is 5.95 Å². The fourth-order valence-electron chi connectivity index (χ4n) is 3.23. The molecule has 0 aromatic carbocycles. The Kier molecular flexibility index (Phi) is 3.33. The van der Waals surface area contributed by atoms with Crippen LogP contribution in [0.25, 0.3) is 11.0 Å². The van der Waals surface area contributed by atoms with E-state index in [0.29, 0.717) is 22.9 Å². The van der Waals surface area contributed by atoms with Gasteiger partial charge in [-0.15, -0.1) is 0 Å². The van der Waals surface area contributed by atoms with Crippen LogP contribution in [0, 0.1) is 0 Å². The number of anilines is 1. The van der Waals surface area contributed by atoms with Gasteiger partial charge < -0.3 is 4.90 Å². The molecule has 0 aliphatic carbocycles. The Morgan fingerprint density at radius 2 is 1.96 bits per heavy atom. The zero-order valence-electron chi connectivity index (χ0n) is 12.9. The molecule has 1 fully saturated rings. The van der Waals surface area contributed by atoms with Crippen molar-refractivity contribution in [3.63, 3.8) is 0 Å². The summed E-state index contributed by atoms with van der Waals surface area (Å²) in [5, 5.41) is 4.63. The maximum absolute atomic E-state index is 12.2. The second kappa shape index (κ2) is 5.49. The SMILES string of the molecule is Cn1ncc2c(=O)[nH]c(N3CCC(c4ccncc4)CC3)nc21. The highest BCUT2D eigenvalue weighted by Crippen LogP contribution is 2.28. The molecule has 0 atom stereocenters. The molecule has 23 heavy (non-hydrogen) atoms. The molecule has 4 heterocycles. The summed E-state index contributed by atoms with van der Waals surface area (Å²) < 4.78 is 1.64. The van der Waals surface area contributed by atoms with Gasteiger partial charge in [-0.05, 0) is 36.5 Å². The first-order valence-corrected chi connectivity index (χ1v) is 7.79. The van der Waals surface area contributed by atoms with Crippen molar-refractivity contribution in [2.24, 2.45) is 7.05 Å². The van der Waals surface area contributed by atoms with Crippen molar-refractivity contribution >= 4 is 17.0 Å². The van der Waals surface area contributed by atoms with E-state index in [2.05, 4.69) is 37.1 Å². The first-order chi connectivity index (χ1) is 11.2. The van der Waals surface area contributed by atoms with Gasteiger partial charge in [0, 0.05) is 32.5 Å². The van der Waals surface area contributed by atoms with Crippen molar-refractivity contribution in [3.05, 3.63) is 46.6 Å². The second-order valence-corrected chi connectivity index (χ2v) is 5.94. The van der Waals surface area contributed by atoms with Crippen molar-refractivity contribution in [1.29, 1.82) is 0 Å². The van der Waals surface area contributed by atoms with Crippen molar-refractivity contribution in [1.82, 2.24) is 24.7 Å². The molecule has 1 N–H and O–H groups in total. The van der Waals surface area contributed by atoms with Crippen LogP contribution in [0.3, 0.4) is 0 Å². The molecule has 7 heteroatoms. The summed E-state index contributed by atoms with van der Waals surface area (Å²) in [6.45, 7) is 1.75. The van der Waals surface area contributed by atoms with Crippen molar-refractivity contribution in [2.75, 3.05) is 18.0 Å². The minimum atomic E-state index is -0.130. The highest BCUT2D eigenvalue weighted by Gasteiger charge is 2.22. The molecule has 0 unspecified atom stereocenters. The van der Waals surface area contributed by atoms with E-state index in [0.717, 1.165) is 25.9 Å². The first kappa shape index (κ1) is 13.9. The topological polar surface area (TPSA) is 79.7 Å². The lowest BCUT2D eigenvalue weighted by Crippen LogP contribution is -2.35. The van der Waals surface area contributed by atoms with Gasteiger partial charge in [0.1, 0.15) is 5.39 Å². The highest BCUT2D eigenvalue weighted by molar-refractivity contribution is 5.74. The van der Waals surface area contributed by atoms with E-state index in [1.807, 2.05) is 12.4 Å². The van der Waals surface area contributed by atoms with Crippen molar-refractivity contribution in [2.45, 2.75) is 18.8 Å². The van der Waals surface area contributed by atoms with E-state index in [1.54, 1.807) is 17.9 Å². The lowest BCUT2D eigenvalue weighted by molar-refractivity contribution is 0.499. The number of aromatic amines is 1. The summed E-state index contributed by atoms with van der Waals surface area (Å²) in [6.07, 6.45) is 7.32.